The van der Waals surface area contributed by atoms with Crippen LogP contribution in [0.3, 0.4) is 0 Å². The summed E-state index contributed by atoms with van der Waals surface area (Å²) in [4.78, 5) is 24.3. The second-order valence-corrected chi connectivity index (χ2v) is 6.81. The van der Waals surface area contributed by atoms with E-state index in [1.165, 1.54) is 12.1 Å². The normalized spacial score (nSPS) is 12.9. The van der Waals surface area contributed by atoms with Gasteiger partial charge in [0.2, 0.25) is 0 Å². The number of nitrogens with one attached hydrogen (secondary N) is 2. The van der Waals surface area contributed by atoms with Crippen molar-refractivity contribution in [2.45, 2.75) is 47.2 Å². The number of hydrogen-bond acceptors (Lipinski definition) is 2. The molecular formula is C17H25FN2O2. The number of ketones is 1. The molecule has 0 aliphatic heterocycles. The van der Waals surface area contributed by atoms with E-state index in [0.717, 1.165) is 0 Å². The van der Waals surface area contributed by atoms with Gasteiger partial charge in [0.1, 0.15) is 5.82 Å². The van der Waals surface area contributed by atoms with Crippen LogP contribution < -0.4 is 10.6 Å². The monoisotopic (exact) mass is 308 g/mol. The summed E-state index contributed by atoms with van der Waals surface area (Å²) in [6, 6.07) is 5.02. The first-order valence-electron chi connectivity index (χ1n) is 7.44. The SMILES string of the molecule is CC(C)C(=O)C(NC(=O)NCc1cccc(F)c1)C(C)(C)C. The highest BCUT2D eigenvalue weighted by Gasteiger charge is 2.33. The Balaban J connectivity index is 2.66. The highest BCUT2D eigenvalue weighted by molar-refractivity contribution is 5.90. The van der Waals surface area contributed by atoms with Gasteiger partial charge in [0.05, 0.1) is 6.04 Å². The smallest absolute Gasteiger partial charge is 0.315 e. The van der Waals surface area contributed by atoms with Gasteiger partial charge in [-0.15, -0.1) is 0 Å². The molecule has 0 fully saturated rings. The van der Waals surface area contributed by atoms with E-state index < -0.39 is 12.1 Å². The van der Waals surface area contributed by atoms with Crippen LogP contribution in [0, 0.1) is 17.2 Å². The third-order valence-electron chi connectivity index (χ3n) is 3.34. The van der Waals surface area contributed by atoms with Gasteiger partial charge < -0.3 is 10.6 Å². The molecule has 0 bridgehead atoms. The third kappa shape index (κ3) is 5.47. The molecule has 2 amide bonds. The van der Waals surface area contributed by atoms with E-state index in [9.17, 15) is 14.0 Å². The molecule has 22 heavy (non-hydrogen) atoms. The first-order chi connectivity index (χ1) is 10.1. The molecule has 1 aromatic rings. The lowest BCUT2D eigenvalue weighted by atomic mass is 9.81. The number of amides is 2. The van der Waals surface area contributed by atoms with Gasteiger partial charge in [0.15, 0.2) is 5.78 Å². The number of benzene rings is 1. The van der Waals surface area contributed by atoms with Crippen LogP contribution >= 0.6 is 0 Å². The molecule has 0 saturated carbocycles. The Kier molecular flexibility index (Phi) is 6.09. The quantitative estimate of drug-likeness (QED) is 0.877. The first-order valence-corrected chi connectivity index (χ1v) is 7.44. The van der Waals surface area contributed by atoms with E-state index in [4.69, 9.17) is 0 Å². The van der Waals surface area contributed by atoms with Crippen LogP contribution in [0.25, 0.3) is 0 Å². The van der Waals surface area contributed by atoms with Crippen molar-refractivity contribution < 1.29 is 14.0 Å². The zero-order valence-electron chi connectivity index (χ0n) is 13.9. The highest BCUT2D eigenvalue weighted by Crippen LogP contribution is 2.22. The Hall–Kier alpha value is -1.91. The predicted molar refractivity (Wildman–Crippen MR) is 84.9 cm³/mol. The summed E-state index contributed by atoms with van der Waals surface area (Å²) in [5, 5.41) is 5.38. The molecule has 0 heterocycles. The Morgan fingerprint density at radius 3 is 2.36 bits per heavy atom. The lowest BCUT2D eigenvalue weighted by molar-refractivity contribution is -0.126. The summed E-state index contributed by atoms with van der Waals surface area (Å²) in [6.45, 7) is 9.55. The maximum absolute atomic E-state index is 13.1. The number of Topliss-reactive ketones (excluding diaryl/α,β-unsaturated/α-hetero) is 1. The van der Waals surface area contributed by atoms with Crippen LogP contribution in [0.4, 0.5) is 9.18 Å². The summed E-state index contributed by atoms with van der Waals surface area (Å²) in [6.07, 6.45) is 0. The average Bonchev–Trinajstić information content (AvgIpc) is 2.40. The Bertz CT molecular complexity index is 536. The summed E-state index contributed by atoms with van der Waals surface area (Å²) < 4.78 is 13.1. The van der Waals surface area contributed by atoms with Gasteiger partial charge >= 0.3 is 6.03 Å². The van der Waals surface area contributed by atoms with Crippen molar-refractivity contribution in [2.24, 2.45) is 11.3 Å². The molecule has 1 rings (SSSR count). The second kappa shape index (κ2) is 7.38. The highest BCUT2D eigenvalue weighted by atomic mass is 19.1. The minimum absolute atomic E-state index is 0.00611. The van der Waals surface area contributed by atoms with Crippen molar-refractivity contribution in [1.82, 2.24) is 10.6 Å². The van der Waals surface area contributed by atoms with Crippen molar-refractivity contribution in [3.63, 3.8) is 0 Å². The zero-order valence-corrected chi connectivity index (χ0v) is 13.9. The number of rotatable bonds is 5. The number of carbonyl (C=O) groups excluding carboxylic acids is 2. The zero-order chi connectivity index (χ0) is 16.9. The lowest BCUT2D eigenvalue weighted by Gasteiger charge is -2.31. The van der Waals surface area contributed by atoms with Crippen molar-refractivity contribution in [1.29, 1.82) is 0 Å². The maximum Gasteiger partial charge on any atom is 0.315 e. The van der Waals surface area contributed by atoms with Crippen LogP contribution in [-0.4, -0.2) is 17.9 Å². The van der Waals surface area contributed by atoms with E-state index in [0.29, 0.717) is 5.56 Å². The first kappa shape index (κ1) is 18.1. The van der Waals surface area contributed by atoms with Crippen LogP contribution in [0.15, 0.2) is 24.3 Å². The summed E-state index contributed by atoms with van der Waals surface area (Å²) in [5.74, 6) is -0.511. The number of hydrogen-bond donors (Lipinski definition) is 2. The van der Waals surface area contributed by atoms with Crippen LogP contribution in [-0.2, 0) is 11.3 Å². The van der Waals surface area contributed by atoms with Gasteiger partial charge in [-0.3, -0.25) is 4.79 Å². The predicted octanol–water partition coefficient (Wildman–Crippen LogP) is 3.26. The summed E-state index contributed by atoms with van der Waals surface area (Å²) >= 11 is 0. The standard InChI is InChI=1S/C17H25FN2O2/c1-11(2)14(21)15(17(3,4)5)20-16(22)19-10-12-7-6-8-13(18)9-12/h6-9,11,15H,10H2,1-5H3,(H2,19,20,22). The Morgan fingerprint density at radius 2 is 1.86 bits per heavy atom. The number of urea groups is 1. The van der Waals surface area contributed by atoms with Gasteiger partial charge in [-0.05, 0) is 23.1 Å². The molecule has 5 heteroatoms. The minimum atomic E-state index is -0.569. The molecule has 2 N–H and O–H groups in total. The molecule has 122 valence electrons. The van der Waals surface area contributed by atoms with Crippen LogP contribution in [0.5, 0.6) is 0 Å². The molecule has 0 aliphatic rings. The Morgan fingerprint density at radius 1 is 1.23 bits per heavy atom. The van der Waals surface area contributed by atoms with E-state index >= 15 is 0 Å². The van der Waals surface area contributed by atoms with Crippen molar-refractivity contribution in [3.8, 4) is 0 Å². The van der Waals surface area contributed by atoms with Crippen molar-refractivity contribution in [3.05, 3.63) is 35.6 Å². The Labute approximate surface area is 131 Å². The summed E-state index contributed by atoms with van der Waals surface area (Å²) in [7, 11) is 0. The van der Waals surface area contributed by atoms with Gasteiger partial charge in [-0.2, -0.15) is 0 Å². The summed E-state index contributed by atoms with van der Waals surface area (Å²) in [5.41, 5.74) is 0.287. The van der Waals surface area contributed by atoms with Crippen LogP contribution in [0.1, 0.15) is 40.2 Å². The van der Waals surface area contributed by atoms with E-state index in [2.05, 4.69) is 10.6 Å². The van der Waals surface area contributed by atoms with Crippen molar-refractivity contribution in [2.75, 3.05) is 0 Å². The van der Waals surface area contributed by atoms with Gasteiger partial charge in [-0.25, -0.2) is 9.18 Å². The average molecular weight is 308 g/mol. The molecule has 0 aromatic heterocycles. The molecule has 1 unspecified atom stereocenters. The van der Waals surface area contributed by atoms with Crippen LogP contribution in [0.2, 0.25) is 0 Å². The molecule has 4 nitrogen and oxygen atoms in total. The molecule has 0 radical (unpaired) electrons. The maximum atomic E-state index is 13.1. The van der Waals surface area contributed by atoms with Crippen molar-refractivity contribution >= 4 is 11.8 Å². The fourth-order valence-electron chi connectivity index (χ4n) is 2.06. The number of halogens is 1. The fourth-order valence-corrected chi connectivity index (χ4v) is 2.06. The van der Waals surface area contributed by atoms with E-state index in [-0.39, 0.29) is 29.5 Å². The molecule has 1 atom stereocenters. The van der Waals surface area contributed by atoms with Gasteiger partial charge in [-0.1, -0.05) is 46.8 Å². The second-order valence-electron chi connectivity index (χ2n) is 6.81. The fraction of sp³-hybridized carbons (Fsp3) is 0.529. The molecule has 0 spiro atoms. The van der Waals surface area contributed by atoms with E-state index in [1.54, 1.807) is 12.1 Å². The lowest BCUT2D eigenvalue weighted by Crippen LogP contribution is -2.53. The molecule has 0 saturated heterocycles. The topological polar surface area (TPSA) is 58.2 Å². The van der Waals surface area contributed by atoms with Gasteiger partial charge in [0, 0.05) is 12.5 Å². The molecular weight excluding hydrogens is 283 g/mol. The van der Waals surface area contributed by atoms with Gasteiger partial charge in [0.25, 0.3) is 0 Å². The molecule has 1 aromatic carbocycles. The van der Waals surface area contributed by atoms with E-state index in [1.807, 2.05) is 34.6 Å². The minimum Gasteiger partial charge on any atom is -0.334 e. The molecule has 0 aliphatic carbocycles. The largest absolute Gasteiger partial charge is 0.334 e. The number of carbonyl (C=O) groups is 2. The third-order valence-corrected chi connectivity index (χ3v) is 3.34.